The quantitative estimate of drug-likeness (QED) is 0.841. The van der Waals surface area contributed by atoms with E-state index in [9.17, 15) is 4.79 Å². The second-order valence-corrected chi connectivity index (χ2v) is 5.00. The van der Waals surface area contributed by atoms with Crippen LogP contribution in [0.4, 0.5) is 5.69 Å². The zero-order valence-electron chi connectivity index (χ0n) is 10.5. The fourth-order valence-corrected chi connectivity index (χ4v) is 2.23. The van der Waals surface area contributed by atoms with Gasteiger partial charge in [0, 0.05) is 6.20 Å². The van der Waals surface area contributed by atoms with Crippen molar-refractivity contribution < 1.29 is 4.79 Å². The maximum absolute atomic E-state index is 12.2. The molecule has 19 heavy (non-hydrogen) atoms. The van der Waals surface area contributed by atoms with Gasteiger partial charge in [0.25, 0.3) is 5.91 Å². The first-order valence-electron chi connectivity index (χ1n) is 5.67. The predicted octanol–water partition coefficient (Wildman–Crippen LogP) is 4.26. The van der Waals surface area contributed by atoms with Gasteiger partial charge in [-0.2, -0.15) is 0 Å². The summed E-state index contributed by atoms with van der Waals surface area (Å²) in [4.78, 5) is 16.1. The van der Waals surface area contributed by atoms with E-state index < -0.39 is 0 Å². The van der Waals surface area contributed by atoms with E-state index in [1.54, 1.807) is 24.4 Å². The molecule has 0 radical (unpaired) electrons. The Morgan fingerprint density at radius 1 is 1.21 bits per heavy atom. The molecule has 0 saturated heterocycles. The highest BCUT2D eigenvalue weighted by Crippen LogP contribution is 2.25. The Hall–Kier alpha value is -1.58. The Morgan fingerprint density at radius 3 is 2.58 bits per heavy atom. The lowest BCUT2D eigenvalue weighted by Gasteiger charge is -2.10. The smallest absolute Gasteiger partial charge is 0.257 e. The van der Waals surface area contributed by atoms with Crippen LogP contribution in [0.2, 0.25) is 10.2 Å². The van der Waals surface area contributed by atoms with Crippen molar-refractivity contribution in [1.29, 1.82) is 0 Å². The third-order valence-electron chi connectivity index (χ3n) is 2.72. The SMILES string of the molecule is Cc1ccc(C(=O)Nc2c(C)ccnc2Cl)c(Cl)c1. The van der Waals surface area contributed by atoms with Crippen molar-refractivity contribution >= 4 is 34.8 Å². The fraction of sp³-hybridized carbons (Fsp3) is 0.143. The van der Waals surface area contributed by atoms with Gasteiger partial charge in [-0.15, -0.1) is 0 Å². The lowest BCUT2D eigenvalue weighted by Crippen LogP contribution is -2.14. The van der Waals surface area contributed by atoms with Gasteiger partial charge in [-0.05, 0) is 43.2 Å². The van der Waals surface area contributed by atoms with Crippen LogP contribution in [-0.2, 0) is 0 Å². The molecule has 1 amide bonds. The van der Waals surface area contributed by atoms with E-state index in [2.05, 4.69) is 10.3 Å². The number of aromatic nitrogens is 1. The number of amides is 1. The molecule has 0 fully saturated rings. The number of hydrogen-bond acceptors (Lipinski definition) is 2. The minimum atomic E-state index is -0.303. The molecule has 0 spiro atoms. The average Bonchev–Trinajstić information content (AvgIpc) is 2.33. The third-order valence-corrected chi connectivity index (χ3v) is 3.32. The fourth-order valence-electron chi connectivity index (χ4n) is 1.66. The van der Waals surface area contributed by atoms with Gasteiger partial charge in [-0.1, -0.05) is 29.3 Å². The zero-order chi connectivity index (χ0) is 14.0. The van der Waals surface area contributed by atoms with Crippen LogP contribution in [0.3, 0.4) is 0 Å². The van der Waals surface area contributed by atoms with Crippen LogP contribution < -0.4 is 5.32 Å². The number of rotatable bonds is 2. The van der Waals surface area contributed by atoms with Gasteiger partial charge in [0.1, 0.15) is 0 Å². The van der Waals surface area contributed by atoms with Crippen molar-refractivity contribution in [2.45, 2.75) is 13.8 Å². The van der Waals surface area contributed by atoms with E-state index in [1.165, 1.54) is 0 Å². The van der Waals surface area contributed by atoms with Gasteiger partial charge in [0.2, 0.25) is 0 Å². The van der Waals surface area contributed by atoms with Crippen LogP contribution in [0.15, 0.2) is 30.5 Å². The minimum Gasteiger partial charge on any atom is -0.319 e. The molecular weight excluding hydrogens is 283 g/mol. The van der Waals surface area contributed by atoms with Crippen LogP contribution in [0.25, 0.3) is 0 Å². The summed E-state index contributed by atoms with van der Waals surface area (Å²) >= 11 is 12.0. The monoisotopic (exact) mass is 294 g/mol. The number of benzene rings is 1. The predicted molar refractivity (Wildman–Crippen MR) is 78.1 cm³/mol. The lowest BCUT2D eigenvalue weighted by molar-refractivity contribution is 0.102. The number of anilines is 1. The van der Waals surface area contributed by atoms with Crippen molar-refractivity contribution in [3.8, 4) is 0 Å². The summed E-state index contributed by atoms with van der Waals surface area (Å²) in [6.07, 6.45) is 1.59. The highest BCUT2D eigenvalue weighted by Gasteiger charge is 2.13. The molecule has 5 heteroatoms. The van der Waals surface area contributed by atoms with Crippen molar-refractivity contribution in [2.24, 2.45) is 0 Å². The van der Waals surface area contributed by atoms with Gasteiger partial charge in [0.05, 0.1) is 16.3 Å². The number of nitrogens with zero attached hydrogens (tertiary/aromatic N) is 1. The van der Waals surface area contributed by atoms with Crippen molar-refractivity contribution in [1.82, 2.24) is 4.98 Å². The Balaban J connectivity index is 2.31. The summed E-state index contributed by atoms with van der Waals surface area (Å²) in [6.45, 7) is 3.76. The Bertz CT molecular complexity index is 621. The molecule has 1 heterocycles. The summed E-state index contributed by atoms with van der Waals surface area (Å²) in [5.41, 5.74) is 2.76. The number of hydrogen-bond donors (Lipinski definition) is 1. The van der Waals surface area contributed by atoms with Crippen molar-refractivity contribution in [3.05, 3.63) is 57.3 Å². The second kappa shape index (κ2) is 5.59. The van der Waals surface area contributed by atoms with Crippen LogP contribution in [0.5, 0.6) is 0 Å². The Morgan fingerprint density at radius 2 is 1.95 bits per heavy atom. The Kier molecular flexibility index (Phi) is 4.08. The maximum Gasteiger partial charge on any atom is 0.257 e. The van der Waals surface area contributed by atoms with Gasteiger partial charge >= 0.3 is 0 Å². The lowest BCUT2D eigenvalue weighted by atomic mass is 10.1. The van der Waals surface area contributed by atoms with Gasteiger partial charge in [0.15, 0.2) is 5.15 Å². The van der Waals surface area contributed by atoms with E-state index in [-0.39, 0.29) is 11.1 Å². The zero-order valence-corrected chi connectivity index (χ0v) is 12.0. The van der Waals surface area contributed by atoms with Gasteiger partial charge in [-0.3, -0.25) is 4.79 Å². The minimum absolute atomic E-state index is 0.261. The van der Waals surface area contributed by atoms with Crippen LogP contribution in [0.1, 0.15) is 21.5 Å². The molecule has 2 aromatic rings. The summed E-state index contributed by atoms with van der Waals surface area (Å²) in [6, 6.07) is 7.04. The molecule has 0 aliphatic rings. The maximum atomic E-state index is 12.2. The average molecular weight is 295 g/mol. The van der Waals surface area contributed by atoms with Crippen LogP contribution in [0, 0.1) is 13.8 Å². The molecule has 0 atom stereocenters. The third kappa shape index (κ3) is 3.06. The van der Waals surface area contributed by atoms with E-state index in [0.717, 1.165) is 11.1 Å². The number of aryl methyl sites for hydroxylation is 2. The van der Waals surface area contributed by atoms with Gasteiger partial charge < -0.3 is 5.32 Å². The van der Waals surface area contributed by atoms with E-state index in [1.807, 2.05) is 19.9 Å². The van der Waals surface area contributed by atoms with Crippen LogP contribution in [-0.4, -0.2) is 10.9 Å². The molecule has 0 aliphatic carbocycles. The molecule has 0 saturated carbocycles. The molecule has 3 nitrogen and oxygen atoms in total. The normalized spacial score (nSPS) is 10.3. The first kappa shape index (κ1) is 13.8. The molecule has 0 unspecified atom stereocenters. The molecule has 2 rings (SSSR count). The summed E-state index contributed by atoms with van der Waals surface area (Å²) < 4.78 is 0. The molecule has 0 bridgehead atoms. The number of carbonyl (C=O) groups excluding carboxylic acids is 1. The standard InChI is InChI=1S/C14H12Cl2N2O/c1-8-3-4-10(11(15)7-8)14(19)18-12-9(2)5-6-17-13(12)16/h3-7H,1-2H3,(H,18,19). The number of halogens is 2. The molecule has 98 valence electrons. The molecule has 1 aromatic heterocycles. The van der Waals surface area contributed by atoms with E-state index >= 15 is 0 Å². The number of nitrogens with one attached hydrogen (secondary N) is 1. The molecule has 0 aliphatic heterocycles. The first-order valence-corrected chi connectivity index (χ1v) is 6.43. The molecule has 1 N–H and O–H groups in total. The highest BCUT2D eigenvalue weighted by molar-refractivity contribution is 6.35. The number of pyridine rings is 1. The van der Waals surface area contributed by atoms with Crippen molar-refractivity contribution in [2.75, 3.05) is 5.32 Å². The summed E-state index contributed by atoms with van der Waals surface area (Å²) in [7, 11) is 0. The van der Waals surface area contributed by atoms with Gasteiger partial charge in [-0.25, -0.2) is 4.98 Å². The topological polar surface area (TPSA) is 42.0 Å². The first-order chi connectivity index (χ1) is 8.99. The summed E-state index contributed by atoms with van der Waals surface area (Å²) in [5, 5.41) is 3.41. The van der Waals surface area contributed by atoms with Crippen molar-refractivity contribution in [3.63, 3.8) is 0 Å². The molecule has 1 aromatic carbocycles. The second-order valence-electron chi connectivity index (χ2n) is 4.23. The largest absolute Gasteiger partial charge is 0.319 e. The summed E-state index contributed by atoms with van der Waals surface area (Å²) in [5.74, 6) is -0.303. The van der Waals surface area contributed by atoms with E-state index in [4.69, 9.17) is 23.2 Å². The Labute approximate surface area is 121 Å². The van der Waals surface area contributed by atoms with Crippen LogP contribution >= 0.6 is 23.2 Å². The van der Waals surface area contributed by atoms with E-state index in [0.29, 0.717) is 16.3 Å². The highest BCUT2D eigenvalue weighted by atomic mass is 35.5. The number of carbonyl (C=O) groups is 1. The molecular formula is C14H12Cl2N2O.